The SMILES string of the molecule is CC(C)c1cc(-c2nnc(O)n2-c2ccc(N3CCOCC3)nc2)c(O)cc1OP(=O)(O)O. The van der Waals surface area contributed by atoms with Crippen LogP contribution in [0, 0.1) is 0 Å². The lowest BCUT2D eigenvalue weighted by Crippen LogP contribution is -2.36. The van der Waals surface area contributed by atoms with Crippen LogP contribution in [0.1, 0.15) is 25.3 Å². The molecule has 176 valence electrons. The molecule has 13 heteroatoms. The number of rotatable bonds is 6. The number of anilines is 1. The lowest BCUT2D eigenvalue weighted by molar-refractivity contribution is 0.122. The zero-order valence-electron chi connectivity index (χ0n) is 18.0. The van der Waals surface area contributed by atoms with Gasteiger partial charge in [-0.25, -0.2) is 14.1 Å². The third-order valence-electron chi connectivity index (χ3n) is 5.18. The highest BCUT2D eigenvalue weighted by atomic mass is 31.2. The molecule has 1 aliphatic rings. The number of phosphoric ester groups is 1. The van der Waals surface area contributed by atoms with Crippen molar-refractivity contribution in [2.45, 2.75) is 19.8 Å². The van der Waals surface area contributed by atoms with E-state index in [0.29, 0.717) is 24.5 Å². The van der Waals surface area contributed by atoms with Gasteiger partial charge in [0, 0.05) is 19.2 Å². The molecule has 12 nitrogen and oxygen atoms in total. The minimum absolute atomic E-state index is 0.121. The molecule has 1 aromatic carbocycles. The summed E-state index contributed by atoms with van der Waals surface area (Å²) in [5, 5.41) is 28.7. The van der Waals surface area contributed by atoms with Gasteiger partial charge in [-0.3, -0.25) is 9.79 Å². The Morgan fingerprint density at radius 1 is 1.12 bits per heavy atom. The number of phenols is 1. The summed E-state index contributed by atoms with van der Waals surface area (Å²) in [7, 11) is -4.84. The van der Waals surface area contributed by atoms with Crippen molar-refractivity contribution in [1.29, 1.82) is 0 Å². The molecule has 4 N–H and O–H groups in total. The molecule has 0 radical (unpaired) electrons. The molecular formula is C20H24N5O7P. The van der Waals surface area contributed by atoms with Crippen molar-refractivity contribution in [3.63, 3.8) is 0 Å². The summed E-state index contributed by atoms with van der Waals surface area (Å²) >= 11 is 0. The summed E-state index contributed by atoms with van der Waals surface area (Å²) in [5.74, 6) is 0.182. The molecule has 4 rings (SSSR count). The van der Waals surface area contributed by atoms with E-state index < -0.39 is 13.8 Å². The molecule has 2 aromatic heterocycles. The number of aromatic hydroxyl groups is 2. The van der Waals surface area contributed by atoms with Gasteiger partial charge >= 0.3 is 13.8 Å². The molecule has 0 aliphatic carbocycles. The summed E-state index contributed by atoms with van der Waals surface area (Å²) in [6.07, 6.45) is 1.56. The molecule has 0 unspecified atom stereocenters. The van der Waals surface area contributed by atoms with Gasteiger partial charge in [-0.2, -0.15) is 0 Å². The van der Waals surface area contributed by atoms with Crippen molar-refractivity contribution in [3.8, 4) is 34.6 Å². The first-order chi connectivity index (χ1) is 15.6. The Bertz CT molecular complexity index is 1190. The topological polar surface area (TPSA) is 163 Å². The normalized spacial score (nSPS) is 14.6. The lowest BCUT2D eigenvalue weighted by Gasteiger charge is -2.27. The first kappa shape index (κ1) is 23.0. The Morgan fingerprint density at radius 2 is 1.85 bits per heavy atom. The number of hydrogen-bond acceptors (Lipinski definition) is 9. The number of nitrogens with zero attached hydrogens (tertiary/aromatic N) is 5. The second kappa shape index (κ2) is 8.99. The van der Waals surface area contributed by atoms with Crippen LogP contribution in [0.2, 0.25) is 0 Å². The van der Waals surface area contributed by atoms with Crippen LogP contribution in [0.25, 0.3) is 17.1 Å². The van der Waals surface area contributed by atoms with Crippen molar-refractivity contribution < 1.29 is 33.8 Å². The van der Waals surface area contributed by atoms with Gasteiger partial charge < -0.3 is 24.4 Å². The van der Waals surface area contributed by atoms with Crippen LogP contribution in [-0.2, 0) is 9.30 Å². The van der Waals surface area contributed by atoms with Crippen molar-refractivity contribution in [2.24, 2.45) is 0 Å². The Balaban J connectivity index is 1.75. The van der Waals surface area contributed by atoms with E-state index in [4.69, 9.17) is 9.26 Å². The van der Waals surface area contributed by atoms with E-state index in [0.717, 1.165) is 25.0 Å². The number of ether oxygens (including phenoxy) is 1. The highest BCUT2D eigenvalue weighted by molar-refractivity contribution is 7.46. The van der Waals surface area contributed by atoms with Gasteiger partial charge in [0.1, 0.15) is 17.3 Å². The fourth-order valence-electron chi connectivity index (χ4n) is 3.60. The molecule has 1 fully saturated rings. The Hall–Kier alpha value is -3.18. The lowest BCUT2D eigenvalue weighted by atomic mass is 9.98. The quantitative estimate of drug-likeness (QED) is 0.385. The van der Waals surface area contributed by atoms with Crippen molar-refractivity contribution in [1.82, 2.24) is 19.7 Å². The van der Waals surface area contributed by atoms with Crippen molar-refractivity contribution >= 4 is 13.6 Å². The molecule has 1 saturated heterocycles. The highest BCUT2D eigenvalue weighted by Gasteiger charge is 2.25. The third-order valence-corrected chi connectivity index (χ3v) is 5.61. The standard InChI is InChI=1S/C20H24N5O7P/c1-12(2)14-9-15(16(26)10-17(14)32-33(28,29)30)19-22-23-20(27)25(19)13-3-4-18(21-11-13)24-5-7-31-8-6-24/h3-4,9-12,26H,5-8H2,1-2H3,(H,23,27)(H2,28,29,30). The van der Waals surface area contributed by atoms with Gasteiger partial charge in [-0.1, -0.05) is 18.9 Å². The van der Waals surface area contributed by atoms with E-state index in [2.05, 4.69) is 20.1 Å². The molecule has 0 amide bonds. The van der Waals surface area contributed by atoms with Gasteiger partial charge in [0.2, 0.25) is 0 Å². The Morgan fingerprint density at radius 3 is 2.45 bits per heavy atom. The molecule has 0 saturated carbocycles. The van der Waals surface area contributed by atoms with Gasteiger partial charge in [-0.05, 0) is 29.7 Å². The molecule has 3 aromatic rings. The molecule has 3 heterocycles. The average Bonchev–Trinajstić information content (AvgIpc) is 3.14. The maximum Gasteiger partial charge on any atom is 0.524 e. The van der Waals surface area contributed by atoms with E-state index in [-0.39, 0.29) is 28.8 Å². The van der Waals surface area contributed by atoms with Crippen molar-refractivity contribution in [3.05, 3.63) is 36.0 Å². The third kappa shape index (κ3) is 4.93. The molecule has 0 atom stereocenters. The number of morpholine rings is 1. The van der Waals surface area contributed by atoms with Gasteiger partial charge in [0.25, 0.3) is 0 Å². The number of hydrogen-bond donors (Lipinski definition) is 4. The summed E-state index contributed by atoms with van der Waals surface area (Å²) in [6, 6.07) is 5.75. The van der Waals surface area contributed by atoms with Crippen LogP contribution < -0.4 is 9.42 Å². The molecular weight excluding hydrogens is 453 g/mol. The van der Waals surface area contributed by atoms with Crippen molar-refractivity contribution in [2.75, 3.05) is 31.2 Å². The summed E-state index contributed by atoms with van der Waals surface area (Å²) in [5.41, 5.74) is 1.09. The molecule has 0 spiro atoms. The van der Waals surface area contributed by atoms with Crippen LogP contribution in [0.15, 0.2) is 30.5 Å². The number of phenolic OH excluding ortho intramolecular Hbond substituents is 1. The van der Waals surface area contributed by atoms with Crippen LogP contribution in [-0.4, -0.2) is 66.1 Å². The zero-order chi connectivity index (χ0) is 23.8. The number of aromatic nitrogens is 4. The van der Waals surface area contributed by atoms with Gasteiger partial charge in [-0.15, -0.1) is 5.10 Å². The smallest absolute Gasteiger partial charge is 0.507 e. The second-order valence-corrected chi connectivity index (χ2v) is 8.94. The minimum Gasteiger partial charge on any atom is -0.507 e. The fraction of sp³-hybridized carbons (Fsp3) is 0.350. The Kier molecular flexibility index (Phi) is 6.26. The van der Waals surface area contributed by atoms with Crippen LogP contribution in [0.4, 0.5) is 5.82 Å². The maximum absolute atomic E-state index is 11.3. The summed E-state index contributed by atoms with van der Waals surface area (Å²) < 4.78 is 22.8. The van der Waals surface area contributed by atoms with Crippen LogP contribution in [0.3, 0.4) is 0 Å². The summed E-state index contributed by atoms with van der Waals surface area (Å²) in [6.45, 7) is 6.31. The fourth-order valence-corrected chi connectivity index (χ4v) is 4.02. The van der Waals surface area contributed by atoms with E-state index >= 15 is 0 Å². The van der Waals surface area contributed by atoms with Crippen LogP contribution in [0.5, 0.6) is 17.5 Å². The van der Waals surface area contributed by atoms with Gasteiger partial charge in [0.05, 0.1) is 30.7 Å². The van der Waals surface area contributed by atoms with E-state index in [1.54, 1.807) is 32.2 Å². The zero-order valence-corrected chi connectivity index (χ0v) is 18.9. The monoisotopic (exact) mass is 477 g/mol. The first-order valence-electron chi connectivity index (χ1n) is 10.2. The summed E-state index contributed by atoms with van der Waals surface area (Å²) in [4.78, 5) is 24.9. The van der Waals surface area contributed by atoms with E-state index in [9.17, 15) is 24.6 Å². The van der Waals surface area contributed by atoms with E-state index in [1.807, 2.05) is 0 Å². The number of pyridine rings is 1. The van der Waals surface area contributed by atoms with E-state index in [1.165, 1.54) is 10.6 Å². The first-order valence-corrected chi connectivity index (χ1v) is 11.7. The molecule has 1 aliphatic heterocycles. The maximum atomic E-state index is 11.3. The molecule has 33 heavy (non-hydrogen) atoms. The van der Waals surface area contributed by atoms with Gasteiger partial charge in [0.15, 0.2) is 5.82 Å². The molecule has 0 bridgehead atoms. The average molecular weight is 477 g/mol. The van der Waals surface area contributed by atoms with Crippen LogP contribution >= 0.6 is 7.82 Å². The Labute approximate surface area is 189 Å². The predicted molar refractivity (Wildman–Crippen MR) is 118 cm³/mol. The number of phosphoric acid groups is 1. The highest BCUT2D eigenvalue weighted by Crippen LogP contribution is 2.45. The minimum atomic E-state index is -4.84. The predicted octanol–water partition coefficient (Wildman–Crippen LogP) is 2.17. The second-order valence-electron chi connectivity index (χ2n) is 7.78. The largest absolute Gasteiger partial charge is 0.524 e. The number of benzene rings is 1.